The molecule has 2 saturated heterocycles. The summed E-state index contributed by atoms with van der Waals surface area (Å²) in [4.78, 5) is 71.1. The first kappa shape index (κ1) is 38.3. The molecule has 288 valence electrons. The summed E-state index contributed by atoms with van der Waals surface area (Å²) in [5, 5.41) is 5.40. The number of alkyl carbamates (subject to hydrolysis) is 2. The van der Waals surface area contributed by atoms with Crippen molar-refractivity contribution >= 4 is 35.0 Å². The third kappa shape index (κ3) is 8.37. The molecule has 4 aromatic rings. The number of carbonyl (C=O) groups excluding carboxylic acids is 4. The fraction of sp³-hybridized carbons (Fsp3) is 0.500. The zero-order chi connectivity index (χ0) is 38.5. The summed E-state index contributed by atoms with van der Waals surface area (Å²) < 4.78 is 9.51. The van der Waals surface area contributed by atoms with E-state index in [2.05, 4.69) is 62.0 Å². The average molecular weight is 741 g/mol. The predicted octanol–water partition coefficient (Wildman–Crippen LogP) is 5.83. The molecular formula is C40H52N8O6. The van der Waals surface area contributed by atoms with Crippen LogP contribution in [0.3, 0.4) is 0 Å². The van der Waals surface area contributed by atoms with E-state index in [9.17, 15) is 19.2 Å². The van der Waals surface area contributed by atoms with Gasteiger partial charge < -0.3 is 39.9 Å². The van der Waals surface area contributed by atoms with Crippen molar-refractivity contribution in [1.82, 2.24) is 40.4 Å². The summed E-state index contributed by atoms with van der Waals surface area (Å²) in [6.45, 7) is 8.83. The van der Waals surface area contributed by atoms with Crippen LogP contribution in [0.5, 0.6) is 0 Å². The Labute approximate surface area is 315 Å². The van der Waals surface area contributed by atoms with E-state index in [1.54, 1.807) is 0 Å². The molecule has 14 heteroatoms. The number of nitrogens with zero attached hydrogens (tertiary/aromatic N) is 4. The van der Waals surface area contributed by atoms with Crippen molar-refractivity contribution in [3.05, 3.63) is 71.4 Å². The van der Waals surface area contributed by atoms with Crippen molar-refractivity contribution in [1.29, 1.82) is 0 Å². The molecule has 2 fully saturated rings. The number of imidazole rings is 2. The Morgan fingerprint density at radius 1 is 0.759 bits per heavy atom. The van der Waals surface area contributed by atoms with Gasteiger partial charge in [-0.25, -0.2) is 19.6 Å². The molecule has 2 aliphatic rings. The van der Waals surface area contributed by atoms with Gasteiger partial charge in [0.15, 0.2) is 0 Å². The third-order valence-corrected chi connectivity index (χ3v) is 10.6. The van der Waals surface area contributed by atoms with Crippen molar-refractivity contribution in [2.24, 2.45) is 11.8 Å². The zero-order valence-electron chi connectivity index (χ0n) is 32.0. The Morgan fingerprint density at radius 2 is 1.30 bits per heavy atom. The second-order valence-electron chi connectivity index (χ2n) is 14.9. The maximum absolute atomic E-state index is 13.6. The minimum atomic E-state index is -0.680. The molecule has 0 unspecified atom stereocenters. The van der Waals surface area contributed by atoms with Crippen LogP contribution in [0.1, 0.15) is 88.2 Å². The van der Waals surface area contributed by atoms with Crippen molar-refractivity contribution in [3.8, 4) is 11.3 Å². The number of methoxy groups -OCH3 is 2. The van der Waals surface area contributed by atoms with Gasteiger partial charge in [0.1, 0.15) is 23.7 Å². The van der Waals surface area contributed by atoms with Crippen LogP contribution in [-0.2, 0) is 31.9 Å². The SMILES string of the molecule is COC(=O)N[C@H](C(=O)N1CCC[C@@H]1c1ncc(-c2ccc(CCc3ccc4nc([C@@H]5CCCN5C(=O)[C@H](NC(=O)OC)C(C)C)[nH]c4c3)cc2)[nH]1)C(C)C. The minimum absolute atomic E-state index is 0.0971. The standard InChI is InChI=1S/C40H52N8O6/c1-23(2)33(45-39(51)53-5)37(49)47-19-7-9-31(47)35-41-22-30(44-35)27-16-13-25(14-17-27)11-12-26-15-18-28-29(21-26)43-36(42-28)32-10-8-20-48(32)38(50)34(24(3)4)46-40(52)54-6/h13-18,21-24,31-34H,7-12,19-20H2,1-6H3,(H,41,44)(H,42,43)(H,45,51)(H,46,52)/t31-,32+,33+,34-/m1/s1. The number of aryl methyl sites for hydroxylation is 2. The van der Waals surface area contributed by atoms with E-state index >= 15 is 0 Å². The highest BCUT2D eigenvalue weighted by Gasteiger charge is 2.39. The number of amides is 4. The lowest BCUT2D eigenvalue weighted by molar-refractivity contribution is -0.136. The van der Waals surface area contributed by atoms with Crippen LogP contribution >= 0.6 is 0 Å². The Morgan fingerprint density at radius 3 is 1.85 bits per heavy atom. The molecule has 14 nitrogen and oxygen atoms in total. The van der Waals surface area contributed by atoms with E-state index in [1.807, 2.05) is 49.8 Å². The quantitative estimate of drug-likeness (QED) is 0.140. The van der Waals surface area contributed by atoms with Gasteiger partial charge in [0.2, 0.25) is 11.8 Å². The van der Waals surface area contributed by atoms with Gasteiger partial charge in [-0.1, -0.05) is 58.0 Å². The number of rotatable bonds is 12. The number of aromatic nitrogens is 4. The summed E-state index contributed by atoms with van der Waals surface area (Å²) in [6, 6.07) is 13.0. The summed E-state index contributed by atoms with van der Waals surface area (Å²) in [5.41, 5.74) is 6.06. The second kappa shape index (κ2) is 16.7. The number of benzene rings is 2. The fourth-order valence-electron chi connectivity index (χ4n) is 7.57. The summed E-state index contributed by atoms with van der Waals surface area (Å²) in [5.74, 6) is 1.04. The monoisotopic (exact) mass is 740 g/mol. The molecule has 0 bridgehead atoms. The van der Waals surface area contributed by atoms with E-state index in [0.29, 0.717) is 13.1 Å². The first-order valence-electron chi connectivity index (χ1n) is 18.9. The number of carbonyl (C=O) groups is 4. The van der Waals surface area contributed by atoms with Gasteiger partial charge >= 0.3 is 12.2 Å². The van der Waals surface area contributed by atoms with Crippen LogP contribution in [0.2, 0.25) is 0 Å². The summed E-state index contributed by atoms with van der Waals surface area (Å²) in [6.07, 6.45) is 5.57. The van der Waals surface area contributed by atoms with E-state index in [4.69, 9.17) is 14.5 Å². The molecule has 6 rings (SSSR count). The molecule has 0 saturated carbocycles. The number of hydrogen-bond donors (Lipinski definition) is 4. The fourth-order valence-corrected chi connectivity index (χ4v) is 7.57. The van der Waals surface area contributed by atoms with Gasteiger partial charge in [-0.05, 0) is 79.2 Å². The van der Waals surface area contributed by atoms with Gasteiger partial charge in [0, 0.05) is 13.1 Å². The average Bonchev–Trinajstić information content (AvgIpc) is 4.00. The molecule has 4 heterocycles. The topological polar surface area (TPSA) is 175 Å². The summed E-state index contributed by atoms with van der Waals surface area (Å²) >= 11 is 0. The van der Waals surface area contributed by atoms with Crippen LogP contribution < -0.4 is 10.6 Å². The van der Waals surface area contributed by atoms with Crippen LogP contribution in [-0.4, -0.2) is 93.1 Å². The maximum Gasteiger partial charge on any atom is 0.407 e. The van der Waals surface area contributed by atoms with Crippen LogP contribution in [0.15, 0.2) is 48.7 Å². The van der Waals surface area contributed by atoms with Gasteiger partial charge in [-0.15, -0.1) is 0 Å². The Balaban J connectivity index is 1.08. The third-order valence-electron chi connectivity index (χ3n) is 10.6. The first-order valence-corrected chi connectivity index (χ1v) is 18.9. The van der Waals surface area contributed by atoms with Crippen LogP contribution in [0.4, 0.5) is 9.59 Å². The van der Waals surface area contributed by atoms with Crippen LogP contribution in [0, 0.1) is 11.8 Å². The van der Waals surface area contributed by atoms with Gasteiger partial charge in [0.25, 0.3) is 0 Å². The lowest BCUT2D eigenvalue weighted by Gasteiger charge is -2.30. The number of H-pyrrole nitrogens is 2. The molecule has 4 N–H and O–H groups in total. The Bertz CT molecular complexity index is 1950. The molecule has 0 radical (unpaired) electrons. The van der Waals surface area contributed by atoms with Gasteiger partial charge in [-0.2, -0.15) is 0 Å². The van der Waals surface area contributed by atoms with E-state index in [-0.39, 0.29) is 35.7 Å². The van der Waals surface area contributed by atoms with Crippen LogP contribution in [0.25, 0.3) is 22.3 Å². The highest BCUT2D eigenvalue weighted by atomic mass is 16.5. The maximum atomic E-state index is 13.6. The number of likely N-dealkylation sites (tertiary alicyclic amines) is 2. The number of ether oxygens (including phenoxy) is 2. The number of aromatic amines is 2. The van der Waals surface area contributed by atoms with Gasteiger partial charge in [0.05, 0.1) is 49.2 Å². The highest BCUT2D eigenvalue weighted by molar-refractivity contribution is 5.87. The Kier molecular flexibility index (Phi) is 11.9. The van der Waals surface area contributed by atoms with Gasteiger partial charge in [-0.3, -0.25) is 9.59 Å². The molecular weight excluding hydrogens is 688 g/mol. The molecule has 2 aromatic carbocycles. The highest BCUT2D eigenvalue weighted by Crippen LogP contribution is 2.34. The molecule has 2 aliphatic heterocycles. The molecule has 0 spiro atoms. The Hall–Kier alpha value is -5.40. The molecule has 54 heavy (non-hydrogen) atoms. The van der Waals surface area contributed by atoms with Crippen molar-refractivity contribution in [3.63, 3.8) is 0 Å². The largest absolute Gasteiger partial charge is 0.453 e. The van der Waals surface area contributed by atoms with E-state index < -0.39 is 24.3 Å². The number of nitrogens with one attached hydrogen (secondary N) is 4. The second-order valence-corrected chi connectivity index (χ2v) is 14.9. The van der Waals surface area contributed by atoms with E-state index in [0.717, 1.165) is 72.5 Å². The minimum Gasteiger partial charge on any atom is -0.453 e. The van der Waals surface area contributed by atoms with Crippen molar-refractivity contribution < 1.29 is 28.7 Å². The molecule has 4 atom stereocenters. The zero-order valence-corrected chi connectivity index (χ0v) is 32.0. The van der Waals surface area contributed by atoms with Crippen molar-refractivity contribution in [2.45, 2.75) is 90.4 Å². The van der Waals surface area contributed by atoms with Crippen molar-refractivity contribution in [2.75, 3.05) is 27.3 Å². The lowest BCUT2D eigenvalue weighted by Crippen LogP contribution is -2.51. The number of fused-ring (bicyclic) bond motifs is 1. The normalized spacial score (nSPS) is 18.3. The van der Waals surface area contributed by atoms with E-state index in [1.165, 1.54) is 25.3 Å². The molecule has 0 aliphatic carbocycles. The first-order chi connectivity index (χ1) is 26.0. The molecule has 2 aromatic heterocycles. The lowest BCUT2D eigenvalue weighted by atomic mass is 10.0. The predicted molar refractivity (Wildman–Crippen MR) is 203 cm³/mol. The molecule has 4 amide bonds. The smallest absolute Gasteiger partial charge is 0.407 e. The number of hydrogen-bond acceptors (Lipinski definition) is 8. The summed E-state index contributed by atoms with van der Waals surface area (Å²) in [7, 11) is 2.59.